The zero-order chi connectivity index (χ0) is 13.8. The van der Waals surface area contributed by atoms with Gasteiger partial charge in [-0.15, -0.1) is 24.0 Å². The smallest absolute Gasteiger partial charge is 0.191 e. The van der Waals surface area contributed by atoms with Crippen LogP contribution in [0.5, 0.6) is 0 Å². The Morgan fingerprint density at radius 3 is 2.43 bits per heavy atom. The lowest BCUT2D eigenvalue weighted by atomic mass is 10.2. The van der Waals surface area contributed by atoms with Gasteiger partial charge in [0.25, 0.3) is 0 Å². The lowest BCUT2D eigenvalue weighted by molar-refractivity contribution is -0.160. The van der Waals surface area contributed by atoms with Crippen LogP contribution in [0.4, 0.5) is 0 Å². The molecule has 0 aromatic heterocycles. The van der Waals surface area contributed by atoms with Crippen molar-refractivity contribution < 1.29 is 9.47 Å². The van der Waals surface area contributed by atoms with Crippen LogP contribution in [-0.2, 0) is 9.47 Å². The Kier molecular flexibility index (Phi) is 6.55. The third-order valence-corrected chi connectivity index (χ3v) is 4.67. The number of likely N-dealkylation sites (tertiary alicyclic amines) is 1. The second-order valence-corrected chi connectivity index (χ2v) is 6.27. The molecular weight excluding hydrogens is 381 g/mol. The Balaban J connectivity index is 0.00000161. The zero-order valence-corrected chi connectivity index (χ0v) is 15.1. The minimum Gasteiger partial charge on any atom is -0.370 e. The highest BCUT2D eigenvalue weighted by Crippen LogP contribution is 2.39. The second kappa shape index (κ2) is 7.97. The molecule has 0 bridgehead atoms. The van der Waals surface area contributed by atoms with Crippen molar-refractivity contribution >= 4 is 29.9 Å². The molecular formula is C15H28IN3O2. The van der Waals surface area contributed by atoms with Crippen molar-refractivity contribution in [3.63, 3.8) is 0 Å². The number of hydrogen-bond acceptors (Lipinski definition) is 3. The van der Waals surface area contributed by atoms with E-state index in [9.17, 15) is 0 Å². The topological polar surface area (TPSA) is 60.1 Å². The van der Waals surface area contributed by atoms with Crippen LogP contribution in [0.2, 0.25) is 0 Å². The summed E-state index contributed by atoms with van der Waals surface area (Å²) in [4.78, 5) is 6.76. The highest BCUT2D eigenvalue weighted by Gasteiger charge is 2.43. The molecule has 0 amide bonds. The van der Waals surface area contributed by atoms with Gasteiger partial charge in [-0.1, -0.05) is 12.8 Å². The predicted molar refractivity (Wildman–Crippen MR) is 94.0 cm³/mol. The van der Waals surface area contributed by atoms with Crippen LogP contribution in [0.25, 0.3) is 0 Å². The third kappa shape index (κ3) is 4.45. The van der Waals surface area contributed by atoms with E-state index in [0.717, 1.165) is 25.9 Å². The molecule has 3 aliphatic rings. The molecule has 1 atom stereocenters. The van der Waals surface area contributed by atoms with Gasteiger partial charge in [0.2, 0.25) is 0 Å². The maximum absolute atomic E-state index is 6.12. The highest BCUT2D eigenvalue weighted by atomic mass is 127. The average Bonchev–Trinajstić information content (AvgIpc) is 2.99. The van der Waals surface area contributed by atoms with Crippen LogP contribution >= 0.6 is 24.0 Å². The van der Waals surface area contributed by atoms with Gasteiger partial charge in [-0.25, -0.2) is 0 Å². The molecule has 1 spiro atoms. The molecule has 0 aromatic rings. The maximum atomic E-state index is 6.12. The Morgan fingerprint density at radius 1 is 1.10 bits per heavy atom. The Morgan fingerprint density at radius 2 is 1.76 bits per heavy atom. The average molecular weight is 409 g/mol. The number of halogens is 1. The largest absolute Gasteiger partial charge is 0.370 e. The molecule has 2 saturated heterocycles. The van der Waals surface area contributed by atoms with Gasteiger partial charge in [0.15, 0.2) is 11.7 Å². The summed E-state index contributed by atoms with van der Waals surface area (Å²) in [6.45, 7) is 3.38. The molecule has 0 radical (unpaired) electrons. The first-order valence-electron chi connectivity index (χ1n) is 8.14. The van der Waals surface area contributed by atoms with E-state index in [1.54, 1.807) is 0 Å². The number of aliphatic imine (C=N–C) groups is 1. The van der Waals surface area contributed by atoms with Crippen LogP contribution in [0, 0.1) is 0 Å². The molecule has 0 aromatic carbocycles. The minimum atomic E-state index is -0.280. The summed E-state index contributed by atoms with van der Waals surface area (Å²) >= 11 is 0. The van der Waals surface area contributed by atoms with Gasteiger partial charge in [0.1, 0.15) is 6.10 Å². The summed E-state index contributed by atoms with van der Waals surface area (Å²) in [5, 5.41) is 0. The number of rotatable bonds is 2. The van der Waals surface area contributed by atoms with E-state index in [4.69, 9.17) is 15.2 Å². The standard InChI is InChI=1S/C15H27N3O2.HI/c16-14(18-9-5-1-2-6-10-18)17-11-13-12-19-15(20-13)7-3-4-8-15;/h13H,1-12H2,(H2,16,17);1H. The second-order valence-electron chi connectivity index (χ2n) is 6.27. The van der Waals surface area contributed by atoms with Crippen LogP contribution in [0.1, 0.15) is 51.4 Å². The van der Waals surface area contributed by atoms with Gasteiger partial charge in [-0.3, -0.25) is 4.99 Å². The molecule has 21 heavy (non-hydrogen) atoms. The van der Waals surface area contributed by atoms with Crippen molar-refractivity contribution in [2.75, 3.05) is 26.2 Å². The van der Waals surface area contributed by atoms with Gasteiger partial charge in [-0.2, -0.15) is 0 Å². The first kappa shape index (κ1) is 17.3. The van der Waals surface area contributed by atoms with E-state index in [1.807, 2.05) is 0 Å². The van der Waals surface area contributed by atoms with Crippen molar-refractivity contribution in [1.82, 2.24) is 4.90 Å². The first-order valence-corrected chi connectivity index (χ1v) is 8.14. The molecule has 2 N–H and O–H groups in total. The minimum absolute atomic E-state index is 0. The summed E-state index contributed by atoms with van der Waals surface area (Å²) in [6.07, 6.45) is 9.66. The van der Waals surface area contributed by atoms with Gasteiger partial charge in [-0.05, 0) is 25.7 Å². The number of guanidine groups is 1. The molecule has 122 valence electrons. The molecule has 3 fully saturated rings. The third-order valence-electron chi connectivity index (χ3n) is 4.67. The fourth-order valence-electron chi connectivity index (χ4n) is 3.48. The number of nitrogens with two attached hydrogens (primary N) is 1. The van der Waals surface area contributed by atoms with Crippen molar-refractivity contribution in [1.29, 1.82) is 0 Å². The fourth-order valence-corrected chi connectivity index (χ4v) is 3.48. The Labute approximate surface area is 144 Å². The van der Waals surface area contributed by atoms with Crippen molar-refractivity contribution in [3.8, 4) is 0 Å². The quantitative estimate of drug-likeness (QED) is 0.433. The van der Waals surface area contributed by atoms with E-state index in [1.165, 1.54) is 38.5 Å². The van der Waals surface area contributed by atoms with Crippen molar-refractivity contribution in [3.05, 3.63) is 0 Å². The predicted octanol–water partition coefficient (Wildman–Crippen LogP) is 2.48. The van der Waals surface area contributed by atoms with Crippen LogP contribution in [0.15, 0.2) is 4.99 Å². The highest BCUT2D eigenvalue weighted by molar-refractivity contribution is 14.0. The number of nitrogens with zero attached hydrogens (tertiary/aromatic N) is 2. The van der Waals surface area contributed by atoms with Crippen LogP contribution in [0.3, 0.4) is 0 Å². The molecule has 1 unspecified atom stereocenters. The molecule has 2 heterocycles. The molecule has 5 nitrogen and oxygen atoms in total. The molecule has 1 aliphatic carbocycles. The fraction of sp³-hybridized carbons (Fsp3) is 0.933. The lowest BCUT2D eigenvalue weighted by Crippen LogP contribution is -2.38. The SMILES string of the molecule is I.NC(=NCC1COC2(CCCC2)O1)N1CCCCCC1. The molecule has 3 rings (SSSR count). The van der Waals surface area contributed by atoms with E-state index in [-0.39, 0.29) is 35.9 Å². The summed E-state index contributed by atoms with van der Waals surface area (Å²) in [7, 11) is 0. The van der Waals surface area contributed by atoms with Gasteiger partial charge in [0, 0.05) is 25.9 Å². The van der Waals surface area contributed by atoms with Crippen molar-refractivity contribution in [2.45, 2.75) is 63.3 Å². The lowest BCUT2D eigenvalue weighted by Gasteiger charge is -2.22. The van der Waals surface area contributed by atoms with Gasteiger partial charge >= 0.3 is 0 Å². The molecule has 1 saturated carbocycles. The van der Waals surface area contributed by atoms with Gasteiger partial charge in [0.05, 0.1) is 13.2 Å². The van der Waals surface area contributed by atoms with E-state index < -0.39 is 0 Å². The molecule has 2 aliphatic heterocycles. The van der Waals surface area contributed by atoms with Crippen LogP contribution in [-0.4, -0.2) is 49.0 Å². The normalized spacial score (nSPS) is 29.4. The van der Waals surface area contributed by atoms with Crippen LogP contribution < -0.4 is 5.73 Å². The van der Waals surface area contributed by atoms with E-state index in [2.05, 4.69) is 9.89 Å². The molecule has 6 heteroatoms. The number of hydrogen-bond donors (Lipinski definition) is 1. The summed E-state index contributed by atoms with van der Waals surface area (Å²) in [5.74, 6) is 0.403. The number of ether oxygens (including phenoxy) is 2. The zero-order valence-electron chi connectivity index (χ0n) is 12.8. The summed E-state index contributed by atoms with van der Waals surface area (Å²) in [6, 6.07) is 0. The monoisotopic (exact) mass is 409 g/mol. The summed E-state index contributed by atoms with van der Waals surface area (Å²) in [5.41, 5.74) is 6.12. The van der Waals surface area contributed by atoms with Gasteiger partial charge < -0.3 is 20.1 Å². The Hall–Kier alpha value is -0.0800. The first-order chi connectivity index (χ1) is 9.77. The summed E-state index contributed by atoms with van der Waals surface area (Å²) < 4.78 is 11.9. The van der Waals surface area contributed by atoms with Crippen molar-refractivity contribution in [2.24, 2.45) is 10.7 Å². The maximum Gasteiger partial charge on any atom is 0.191 e. The van der Waals surface area contributed by atoms with E-state index in [0.29, 0.717) is 19.1 Å². The Bertz CT molecular complexity index is 351. The van der Waals surface area contributed by atoms with E-state index >= 15 is 0 Å².